The molecule has 0 saturated carbocycles. The van der Waals surface area contributed by atoms with Crippen LogP contribution in [0.4, 0.5) is 0 Å². The maximum Gasteiger partial charge on any atom is 0.209 e. The first kappa shape index (κ1) is 16.0. The van der Waals surface area contributed by atoms with Crippen LogP contribution in [0, 0.1) is 0 Å². The van der Waals surface area contributed by atoms with Crippen molar-refractivity contribution in [2.24, 2.45) is 7.05 Å². The molecule has 0 aliphatic carbocycles. The van der Waals surface area contributed by atoms with Gasteiger partial charge in [0.25, 0.3) is 0 Å². The largest absolute Gasteiger partial charge is 0.340 e. The average molecular weight is 306 g/mol. The third-order valence-corrected chi connectivity index (χ3v) is 4.70. The predicted molar refractivity (Wildman–Crippen MR) is 85.1 cm³/mol. The lowest BCUT2D eigenvalue weighted by Gasteiger charge is -2.11. The molecule has 114 valence electrons. The number of hydrogen-bond acceptors (Lipinski definition) is 4. The number of rotatable bonds is 8. The minimum Gasteiger partial charge on any atom is -0.340 e. The summed E-state index contributed by atoms with van der Waals surface area (Å²) in [4.78, 5) is 0. The molecule has 0 saturated heterocycles. The third-order valence-electron chi connectivity index (χ3n) is 3.69. The van der Waals surface area contributed by atoms with Crippen molar-refractivity contribution < 1.29 is 5.32 Å². The number of tetrazole rings is 1. The molecule has 0 unspecified atom stereocenters. The number of aryl methyl sites for hydroxylation is 2. The normalized spacial score (nSPS) is 12.5. The molecule has 0 spiro atoms. The van der Waals surface area contributed by atoms with E-state index < -0.39 is 0 Å². The smallest absolute Gasteiger partial charge is 0.209 e. The highest BCUT2D eigenvalue weighted by Crippen LogP contribution is 2.16. The van der Waals surface area contributed by atoms with Crippen LogP contribution in [0.1, 0.15) is 31.4 Å². The molecule has 6 heteroatoms. The van der Waals surface area contributed by atoms with Crippen molar-refractivity contribution in [1.82, 2.24) is 20.2 Å². The summed E-state index contributed by atoms with van der Waals surface area (Å²) < 4.78 is 1.72. The van der Waals surface area contributed by atoms with Crippen LogP contribution in [0.3, 0.4) is 0 Å². The molecule has 0 aliphatic heterocycles. The van der Waals surface area contributed by atoms with E-state index in [1.807, 2.05) is 7.05 Å². The first-order valence-electron chi connectivity index (χ1n) is 7.46. The lowest BCUT2D eigenvalue weighted by Crippen LogP contribution is -2.87. The minimum atomic E-state index is 0.678. The molecule has 0 amide bonds. The van der Waals surface area contributed by atoms with Gasteiger partial charge in [0.1, 0.15) is 6.54 Å². The molecule has 0 fully saturated rings. The van der Waals surface area contributed by atoms with Gasteiger partial charge >= 0.3 is 0 Å². The van der Waals surface area contributed by atoms with Gasteiger partial charge in [-0.25, -0.2) is 4.68 Å². The van der Waals surface area contributed by atoms with Crippen LogP contribution in [-0.4, -0.2) is 32.0 Å². The van der Waals surface area contributed by atoms with E-state index in [2.05, 4.69) is 59.0 Å². The summed E-state index contributed by atoms with van der Waals surface area (Å²) in [5, 5.41) is 14.8. The Morgan fingerprint density at radius 3 is 2.71 bits per heavy atom. The van der Waals surface area contributed by atoms with Crippen LogP contribution in [0.2, 0.25) is 0 Å². The molecular weight excluding hydrogens is 282 g/mol. The van der Waals surface area contributed by atoms with Gasteiger partial charge in [0, 0.05) is 18.4 Å². The number of quaternary nitrogens is 1. The number of hydrogen-bond donors (Lipinski definition) is 1. The van der Waals surface area contributed by atoms with Crippen molar-refractivity contribution in [3.63, 3.8) is 0 Å². The summed E-state index contributed by atoms with van der Waals surface area (Å²) in [5.74, 6) is 0.995. The Bertz CT molecular complexity index is 555. The van der Waals surface area contributed by atoms with Gasteiger partial charge in [-0.3, -0.25) is 0 Å². The second-order valence-electron chi connectivity index (χ2n) is 5.28. The second kappa shape index (κ2) is 8.14. The predicted octanol–water partition coefficient (Wildman–Crippen LogP) is 1.41. The summed E-state index contributed by atoms with van der Waals surface area (Å²) in [7, 11) is 1.87. The third kappa shape index (κ3) is 4.82. The SMILES string of the molecule is CC[C@H](C)[NH2+]Cc1ccccc1CCSc1nnnn1C. The molecule has 2 aromatic rings. The van der Waals surface area contributed by atoms with E-state index in [1.165, 1.54) is 17.5 Å². The van der Waals surface area contributed by atoms with E-state index in [0.717, 1.165) is 23.9 Å². The van der Waals surface area contributed by atoms with Crippen LogP contribution < -0.4 is 5.32 Å². The van der Waals surface area contributed by atoms with E-state index in [0.29, 0.717) is 6.04 Å². The van der Waals surface area contributed by atoms with Crippen molar-refractivity contribution in [1.29, 1.82) is 0 Å². The molecule has 1 atom stereocenters. The number of nitrogens with two attached hydrogens (primary N) is 1. The van der Waals surface area contributed by atoms with Crippen LogP contribution in [0.5, 0.6) is 0 Å². The van der Waals surface area contributed by atoms with Gasteiger partial charge in [-0.05, 0) is 35.8 Å². The van der Waals surface area contributed by atoms with E-state index in [9.17, 15) is 0 Å². The van der Waals surface area contributed by atoms with Crippen molar-refractivity contribution in [3.05, 3.63) is 35.4 Å². The topological polar surface area (TPSA) is 60.2 Å². The molecule has 0 radical (unpaired) electrons. The second-order valence-corrected chi connectivity index (χ2v) is 6.34. The van der Waals surface area contributed by atoms with E-state index in [-0.39, 0.29) is 0 Å². The zero-order valence-electron chi connectivity index (χ0n) is 13.0. The maximum atomic E-state index is 4.00. The van der Waals surface area contributed by atoms with Gasteiger partial charge in [-0.15, -0.1) is 5.10 Å². The van der Waals surface area contributed by atoms with Gasteiger partial charge < -0.3 is 5.32 Å². The Morgan fingerprint density at radius 1 is 1.29 bits per heavy atom. The highest BCUT2D eigenvalue weighted by molar-refractivity contribution is 7.99. The maximum absolute atomic E-state index is 4.00. The molecular formula is C15H24N5S+. The molecule has 0 aliphatic rings. The van der Waals surface area contributed by atoms with Gasteiger partial charge in [-0.2, -0.15) is 0 Å². The average Bonchev–Trinajstić information content (AvgIpc) is 2.91. The molecule has 0 bridgehead atoms. The molecule has 21 heavy (non-hydrogen) atoms. The fourth-order valence-electron chi connectivity index (χ4n) is 2.09. The Labute approximate surface area is 130 Å². The molecule has 1 aromatic carbocycles. The lowest BCUT2D eigenvalue weighted by molar-refractivity contribution is -0.701. The minimum absolute atomic E-state index is 0.678. The van der Waals surface area contributed by atoms with Crippen LogP contribution in [0.15, 0.2) is 29.4 Å². The van der Waals surface area contributed by atoms with Gasteiger partial charge in [0.05, 0.1) is 6.04 Å². The van der Waals surface area contributed by atoms with E-state index in [4.69, 9.17) is 0 Å². The van der Waals surface area contributed by atoms with Crippen molar-refractivity contribution >= 4 is 11.8 Å². The van der Waals surface area contributed by atoms with E-state index in [1.54, 1.807) is 16.4 Å². The number of benzene rings is 1. The zero-order chi connectivity index (χ0) is 15.1. The van der Waals surface area contributed by atoms with E-state index >= 15 is 0 Å². The first-order valence-corrected chi connectivity index (χ1v) is 8.44. The van der Waals surface area contributed by atoms with Crippen molar-refractivity contribution in [2.75, 3.05) is 5.75 Å². The summed E-state index contributed by atoms with van der Waals surface area (Å²) >= 11 is 1.70. The van der Waals surface area contributed by atoms with Gasteiger partial charge in [0.15, 0.2) is 0 Å². The zero-order valence-corrected chi connectivity index (χ0v) is 13.8. The fraction of sp³-hybridized carbons (Fsp3) is 0.533. The molecule has 1 aromatic heterocycles. The number of nitrogens with zero attached hydrogens (tertiary/aromatic N) is 4. The highest BCUT2D eigenvalue weighted by Gasteiger charge is 2.08. The lowest BCUT2D eigenvalue weighted by atomic mass is 10.0. The molecule has 5 nitrogen and oxygen atoms in total. The van der Waals surface area contributed by atoms with Crippen molar-refractivity contribution in [2.45, 2.75) is 44.4 Å². The van der Waals surface area contributed by atoms with Crippen LogP contribution >= 0.6 is 11.8 Å². The van der Waals surface area contributed by atoms with Gasteiger partial charge in [-0.1, -0.05) is 43.0 Å². The fourth-order valence-corrected chi connectivity index (χ4v) is 2.91. The summed E-state index contributed by atoms with van der Waals surface area (Å²) in [6.45, 7) is 5.57. The Kier molecular flexibility index (Phi) is 6.20. The highest BCUT2D eigenvalue weighted by atomic mass is 32.2. The van der Waals surface area contributed by atoms with Crippen LogP contribution in [-0.2, 0) is 20.0 Å². The first-order chi connectivity index (χ1) is 10.2. The standard InChI is InChI=1S/C15H23N5S/c1-4-12(2)16-11-14-8-6-5-7-13(14)9-10-21-15-17-18-19-20(15)3/h5-8,12,16H,4,9-11H2,1-3H3/p+1/t12-/m0/s1. The Morgan fingerprint density at radius 2 is 2.05 bits per heavy atom. The molecule has 2 rings (SSSR count). The molecule has 1 heterocycles. The van der Waals surface area contributed by atoms with Crippen LogP contribution in [0.25, 0.3) is 0 Å². The summed E-state index contributed by atoms with van der Waals surface area (Å²) in [6.07, 6.45) is 2.25. The monoisotopic (exact) mass is 306 g/mol. The summed E-state index contributed by atoms with van der Waals surface area (Å²) in [5.41, 5.74) is 2.87. The quantitative estimate of drug-likeness (QED) is 0.749. The summed E-state index contributed by atoms with van der Waals surface area (Å²) in [6, 6.07) is 9.40. The Hall–Kier alpha value is -1.40. The Balaban J connectivity index is 1.89. The number of aromatic nitrogens is 4. The number of thioether (sulfide) groups is 1. The van der Waals surface area contributed by atoms with Gasteiger partial charge in [0.2, 0.25) is 5.16 Å². The molecule has 2 N–H and O–H groups in total. The van der Waals surface area contributed by atoms with Crippen molar-refractivity contribution in [3.8, 4) is 0 Å².